The van der Waals surface area contributed by atoms with Crippen molar-refractivity contribution in [2.45, 2.75) is 25.5 Å². The first-order chi connectivity index (χ1) is 9.97. The van der Waals surface area contributed by atoms with E-state index in [1.54, 1.807) is 6.07 Å². The number of hydrogen-bond acceptors (Lipinski definition) is 4. The maximum Gasteiger partial charge on any atom is 0.273 e. The zero-order valence-corrected chi connectivity index (χ0v) is 11.9. The predicted molar refractivity (Wildman–Crippen MR) is 80.6 cm³/mol. The van der Waals surface area contributed by atoms with Gasteiger partial charge in [0.05, 0.1) is 22.7 Å². The van der Waals surface area contributed by atoms with E-state index in [1.807, 2.05) is 44.2 Å². The van der Waals surface area contributed by atoms with Gasteiger partial charge < -0.3 is 10.1 Å². The molecule has 2 aromatic carbocycles. The molecule has 0 spiro atoms. The molecule has 2 aromatic rings. The number of nitro benzene ring substituents is 1. The fourth-order valence-corrected chi connectivity index (χ4v) is 2.63. The van der Waals surface area contributed by atoms with E-state index >= 15 is 0 Å². The van der Waals surface area contributed by atoms with Crippen LogP contribution in [0.25, 0.3) is 0 Å². The molecule has 5 heteroatoms. The maximum atomic E-state index is 10.9. The zero-order chi connectivity index (χ0) is 15.0. The van der Waals surface area contributed by atoms with E-state index in [0.29, 0.717) is 5.75 Å². The minimum atomic E-state index is -0.510. The molecule has 1 heterocycles. The molecule has 0 aromatic heterocycles. The Morgan fingerprint density at radius 3 is 2.57 bits per heavy atom. The van der Waals surface area contributed by atoms with Gasteiger partial charge in [0.25, 0.3) is 5.69 Å². The van der Waals surface area contributed by atoms with E-state index < -0.39 is 10.5 Å². The lowest BCUT2D eigenvalue weighted by Gasteiger charge is -2.41. The molecule has 1 atom stereocenters. The number of fused-ring (bicyclic) bond motifs is 1. The first kappa shape index (κ1) is 13.4. The molecule has 0 bridgehead atoms. The van der Waals surface area contributed by atoms with Gasteiger partial charge in [0.1, 0.15) is 11.4 Å². The van der Waals surface area contributed by atoms with Crippen LogP contribution in [0.5, 0.6) is 5.75 Å². The normalized spacial score (nSPS) is 19.0. The largest absolute Gasteiger partial charge is 0.483 e. The van der Waals surface area contributed by atoms with Gasteiger partial charge in [-0.15, -0.1) is 0 Å². The Labute approximate surface area is 122 Å². The Balaban J connectivity index is 2.00. The second-order valence-corrected chi connectivity index (χ2v) is 5.63. The quantitative estimate of drug-likeness (QED) is 0.670. The van der Waals surface area contributed by atoms with Gasteiger partial charge >= 0.3 is 0 Å². The highest BCUT2D eigenvalue weighted by atomic mass is 16.6. The van der Waals surface area contributed by atoms with Crippen LogP contribution in [0.1, 0.15) is 25.5 Å². The Morgan fingerprint density at radius 1 is 1.19 bits per heavy atom. The van der Waals surface area contributed by atoms with Crippen molar-refractivity contribution in [2.75, 3.05) is 5.32 Å². The summed E-state index contributed by atoms with van der Waals surface area (Å²) in [7, 11) is 0. The van der Waals surface area contributed by atoms with Gasteiger partial charge in [0, 0.05) is 6.07 Å². The Hall–Kier alpha value is -2.56. The maximum absolute atomic E-state index is 10.9. The van der Waals surface area contributed by atoms with Crippen LogP contribution in [0.15, 0.2) is 48.5 Å². The molecule has 1 N–H and O–H groups in total. The van der Waals surface area contributed by atoms with Crippen molar-refractivity contribution in [3.8, 4) is 5.75 Å². The number of non-ortho nitro benzene ring substituents is 1. The SMILES string of the molecule is CC1(C)Oc2cc([N+](=O)[O-])ccc2NC1c1ccccc1. The lowest BCUT2D eigenvalue weighted by Crippen LogP contribution is -2.43. The standard InChI is InChI=1S/C16H16N2O3/c1-16(2)15(11-6-4-3-5-7-11)17-13-9-8-12(18(19)20)10-14(13)21-16/h3-10,15,17H,1-2H3. The average molecular weight is 284 g/mol. The number of anilines is 1. The van der Waals surface area contributed by atoms with Crippen LogP contribution in [0.4, 0.5) is 11.4 Å². The van der Waals surface area contributed by atoms with Crippen LogP contribution in [0.3, 0.4) is 0 Å². The molecule has 0 saturated heterocycles. The van der Waals surface area contributed by atoms with Gasteiger partial charge in [0.15, 0.2) is 0 Å². The van der Waals surface area contributed by atoms with Gasteiger partial charge in [-0.05, 0) is 25.5 Å². The molecule has 108 valence electrons. The number of hydrogen-bond donors (Lipinski definition) is 1. The third kappa shape index (κ3) is 2.42. The number of benzene rings is 2. The second-order valence-electron chi connectivity index (χ2n) is 5.63. The van der Waals surface area contributed by atoms with Crippen LogP contribution in [-0.4, -0.2) is 10.5 Å². The molecule has 1 aliphatic rings. The number of nitrogens with zero attached hydrogens (tertiary/aromatic N) is 1. The average Bonchev–Trinajstić information content (AvgIpc) is 2.45. The fourth-order valence-electron chi connectivity index (χ4n) is 2.63. The smallest absolute Gasteiger partial charge is 0.273 e. The van der Waals surface area contributed by atoms with Gasteiger partial charge in [0.2, 0.25) is 0 Å². The van der Waals surface area contributed by atoms with Crippen molar-refractivity contribution in [1.29, 1.82) is 0 Å². The summed E-state index contributed by atoms with van der Waals surface area (Å²) < 4.78 is 6.01. The summed E-state index contributed by atoms with van der Waals surface area (Å²) in [4.78, 5) is 10.4. The Morgan fingerprint density at radius 2 is 1.90 bits per heavy atom. The van der Waals surface area contributed by atoms with E-state index in [0.717, 1.165) is 11.3 Å². The fraction of sp³-hybridized carbons (Fsp3) is 0.250. The number of rotatable bonds is 2. The van der Waals surface area contributed by atoms with Gasteiger partial charge in [-0.25, -0.2) is 0 Å². The molecule has 1 aliphatic heterocycles. The van der Waals surface area contributed by atoms with E-state index in [-0.39, 0.29) is 11.7 Å². The van der Waals surface area contributed by atoms with Crippen LogP contribution < -0.4 is 10.1 Å². The second kappa shape index (κ2) is 4.77. The summed E-state index contributed by atoms with van der Waals surface area (Å²) in [5.74, 6) is 0.515. The van der Waals surface area contributed by atoms with Gasteiger partial charge in [-0.1, -0.05) is 30.3 Å². The summed E-state index contributed by atoms with van der Waals surface area (Å²) in [6.45, 7) is 3.94. The van der Waals surface area contributed by atoms with Gasteiger partial charge in [-0.2, -0.15) is 0 Å². The summed E-state index contributed by atoms with van der Waals surface area (Å²) >= 11 is 0. The highest BCUT2D eigenvalue weighted by Gasteiger charge is 2.38. The third-order valence-corrected chi connectivity index (χ3v) is 3.68. The zero-order valence-electron chi connectivity index (χ0n) is 11.9. The van der Waals surface area contributed by atoms with E-state index in [4.69, 9.17) is 4.74 Å². The molecule has 0 radical (unpaired) electrons. The number of nitro groups is 1. The molecule has 0 amide bonds. The molecule has 21 heavy (non-hydrogen) atoms. The minimum Gasteiger partial charge on any atom is -0.483 e. The number of nitrogens with one attached hydrogen (secondary N) is 1. The summed E-state index contributed by atoms with van der Waals surface area (Å²) in [5.41, 5.74) is 1.41. The van der Waals surface area contributed by atoms with E-state index in [1.165, 1.54) is 12.1 Å². The molecule has 5 nitrogen and oxygen atoms in total. The van der Waals surface area contributed by atoms with E-state index in [9.17, 15) is 10.1 Å². The van der Waals surface area contributed by atoms with E-state index in [2.05, 4.69) is 5.32 Å². The molecule has 3 rings (SSSR count). The van der Waals surface area contributed by atoms with Crippen LogP contribution >= 0.6 is 0 Å². The molecular formula is C16H16N2O3. The lowest BCUT2D eigenvalue weighted by atomic mass is 9.89. The number of ether oxygens (including phenoxy) is 1. The Bertz CT molecular complexity index is 683. The highest BCUT2D eigenvalue weighted by molar-refractivity contribution is 5.64. The van der Waals surface area contributed by atoms with Crippen LogP contribution in [-0.2, 0) is 0 Å². The summed E-state index contributed by atoms with van der Waals surface area (Å²) in [6, 6.07) is 14.6. The van der Waals surface area contributed by atoms with Crippen molar-refractivity contribution in [2.24, 2.45) is 0 Å². The molecular weight excluding hydrogens is 268 g/mol. The van der Waals surface area contributed by atoms with Crippen LogP contribution in [0.2, 0.25) is 0 Å². The van der Waals surface area contributed by atoms with Crippen molar-refractivity contribution in [3.63, 3.8) is 0 Å². The molecule has 0 fully saturated rings. The molecule has 1 unspecified atom stereocenters. The topological polar surface area (TPSA) is 64.4 Å². The summed E-state index contributed by atoms with van der Waals surface area (Å²) in [6.07, 6.45) is 0. The highest BCUT2D eigenvalue weighted by Crippen LogP contribution is 2.43. The van der Waals surface area contributed by atoms with Gasteiger partial charge in [-0.3, -0.25) is 10.1 Å². The first-order valence-electron chi connectivity index (χ1n) is 6.76. The van der Waals surface area contributed by atoms with Crippen molar-refractivity contribution >= 4 is 11.4 Å². The van der Waals surface area contributed by atoms with Crippen LogP contribution in [0, 0.1) is 10.1 Å². The molecule has 0 aliphatic carbocycles. The minimum absolute atomic E-state index is 0.0207. The monoisotopic (exact) mass is 284 g/mol. The third-order valence-electron chi connectivity index (χ3n) is 3.68. The lowest BCUT2D eigenvalue weighted by molar-refractivity contribution is -0.385. The van der Waals surface area contributed by atoms with Crippen molar-refractivity contribution < 1.29 is 9.66 Å². The molecule has 0 saturated carbocycles. The van der Waals surface area contributed by atoms with Crippen molar-refractivity contribution in [1.82, 2.24) is 0 Å². The van der Waals surface area contributed by atoms with Crippen molar-refractivity contribution in [3.05, 3.63) is 64.2 Å². The Kier molecular flexibility index (Phi) is 3.05. The first-order valence-corrected chi connectivity index (χ1v) is 6.76. The summed E-state index contributed by atoms with van der Waals surface area (Å²) in [5, 5.41) is 14.3. The predicted octanol–water partition coefficient (Wildman–Crippen LogP) is 3.92.